The first-order valence-corrected chi connectivity index (χ1v) is 4.14. The van der Waals surface area contributed by atoms with Gasteiger partial charge >= 0.3 is 0 Å². The fraction of sp³-hybridized carbons (Fsp3) is 0.429. The number of nitrogens with two attached hydrogens (primary N) is 2. The molecule has 0 saturated heterocycles. The Hall–Kier alpha value is -1.07. The maximum atomic E-state index is 9.11. The van der Waals surface area contributed by atoms with E-state index >= 15 is 0 Å². The number of aromatic nitrogens is 2. The smallest absolute Gasteiger partial charge is 0.221 e. The molecule has 1 aromatic rings. The summed E-state index contributed by atoms with van der Waals surface area (Å²) in [5, 5.41) is 9.24. The molecule has 0 aromatic carbocycles. The SMILES string of the molecule is CC(O)Cc1nc(N)nc(Cl)c1N. The number of aliphatic hydroxyl groups excluding tert-OH is 1. The van der Waals surface area contributed by atoms with E-state index in [0.29, 0.717) is 12.1 Å². The van der Waals surface area contributed by atoms with Crippen molar-refractivity contribution in [3.63, 3.8) is 0 Å². The van der Waals surface area contributed by atoms with Crippen molar-refractivity contribution in [1.29, 1.82) is 0 Å². The number of anilines is 2. The highest BCUT2D eigenvalue weighted by Gasteiger charge is 2.10. The van der Waals surface area contributed by atoms with Gasteiger partial charge in [-0.25, -0.2) is 4.98 Å². The predicted octanol–water partition coefficient (Wildman–Crippen LogP) is 0.218. The maximum Gasteiger partial charge on any atom is 0.221 e. The molecule has 0 aliphatic rings. The Kier molecular flexibility index (Phi) is 2.90. The fourth-order valence-electron chi connectivity index (χ4n) is 0.939. The number of aliphatic hydroxyl groups is 1. The summed E-state index contributed by atoms with van der Waals surface area (Å²) in [4.78, 5) is 7.54. The molecule has 0 radical (unpaired) electrons. The highest BCUT2D eigenvalue weighted by Crippen LogP contribution is 2.20. The minimum absolute atomic E-state index is 0.0647. The summed E-state index contributed by atoms with van der Waals surface area (Å²) < 4.78 is 0. The molecule has 1 heterocycles. The van der Waals surface area contributed by atoms with Crippen LogP contribution in [0.2, 0.25) is 5.15 Å². The molecule has 72 valence electrons. The van der Waals surface area contributed by atoms with Gasteiger partial charge in [0.2, 0.25) is 5.95 Å². The van der Waals surface area contributed by atoms with E-state index in [1.807, 2.05) is 0 Å². The number of rotatable bonds is 2. The molecule has 13 heavy (non-hydrogen) atoms. The molecule has 5 N–H and O–H groups in total. The third-order valence-corrected chi connectivity index (χ3v) is 1.77. The summed E-state index contributed by atoms with van der Waals surface area (Å²) in [6, 6.07) is 0. The van der Waals surface area contributed by atoms with Crippen molar-refractivity contribution in [1.82, 2.24) is 9.97 Å². The van der Waals surface area contributed by atoms with Crippen LogP contribution in [-0.2, 0) is 6.42 Å². The van der Waals surface area contributed by atoms with Gasteiger partial charge in [-0.2, -0.15) is 4.98 Å². The Labute approximate surface area is 80.7 Å². The van der Waals surface area contributed by atoms with E-state index in [9.17, 15) is 0 Å². The molecule has 1 aromatic heterocycles. The Bertz CT molecular complexity index is 316. The lowest BCUT2D eigenvalue weighted by Gasteiger charge is -2.08. The lowest BCUT2D eigenvalue weighted by Crippen LogP contribution is -2.11. The van der Waals surface area contributed by atoms with Crippen molar-refractivity contribution < 1.29 is 5.11 Å². The van der Waals surface area contributed by atoms with Crippen LogP contribution in [0.15, 0.2) is 0 Å². The summed E-state index contributed by atoms with van der Waals surface area (Å²) >= 11 is 5.66. The molecular formula is C7H11ClN4O. The zero-order chi connectivity index (χ0) is 10.0. The van der Waals surface area contributed by atoms with Crippen LogP contribution in [0.25, 0.3) is 0 Å². The standard InChI is InChI=1S/C7H11ClN4O/c1-3(13)2-4-5(9)6(8)12-7(10)11-4/h3,13H,2,9H2,1H3,(H2,10,11,12). The molecule has 0 aliphatic heterocycles. The Balaban J connectivity index is 3.05. The lowest BCUT2D eigenvalue weighted by molar-refractivity contribution is 0.194. The van der Waals surface area contributed by atoms with Crippen LogP contribution in [-0.4, -0.2) is 21.2 Å². The maximum absolute atomic E-state index is 9.11. The van der Waals surface area contributed by atoms with Crippen LogP contribution in [0.4, 0.5) is 11.6 Å². The van der Waals surface area contributed by atoms with Crippen LogP contribution in [0.3, 0.4) is 0 Å². The second-order valence-electron chi connectivity index (χ2n) is 2.79. The van der Waals surface area contributed by atoms with Crippen LogP contribution in [0.1, 0.15) is 12.6 Å². The number of nitrogen functional groups attached to an aromatic ring is 2. The first-order valence-electron chi connectivity index (χ1n) is 3.76. The van der Waals surface area contributed by atoms with Crippen molar-refractivity contribution in [3.05, 3.63) is 10.8 Å². The summed E-state index contributed by atoms with van der Waals surface area (Å²) in [5.74, 6) is 0.0647. The van der Waals surface area contributed by atoms with Crippen LogP contribution in [0, 0.1) is 0 Å². The number of nitrogens with zero attached hydrogens (tertiary/aromatic N) is 2. The number of hydrogen-bond acceptors (Lipinski definition) is 5. The van der Waals surface area contributed by atoms with Crippen LogP contribution in [0.5, 0.6) is 0 Å². The predicted molar refractivity (Wildman–Crippen MR) is 51.3 cm³/mol. The summed E-state index contributed by atoms with van der Waals surface area (Å²) in [6.45, 7) is 1.63. The topological polar surface area (TPSA) is 98.0 Å². The Morgan fingerprint density at radius 2 is 2.08 bits per heavy atom. The highest BCUT2D eigenvalue weighted by molar-refractivity contribution is 6.32. The largest absolute Gasteiger partial charge is 0.395 e. The van der Waals surface area contributed by atoms with Crippen molar-refractivity contribution in [2.75, 3.05) is 11.5 Å². The van der Waals surface area contributed by atoms with E-state index in [2.05, 4.69) is 9.97 Å². The monoisotopic (exact) mass is 202 g/mol. The van der Waals surface area contributed by atoms with E-state index in [4.69, 9.17) is 28.2 Å². The van der Waals surface area contributed by atoms with Crippen molar-refractivity contribution >= 4 is 23.2 Å². The molecule has 1 unspecified atom stereocenters. The molecule has 6 heteroatoms. The number of halogens is 1. The van der Waals surface area contributed by atoms with E-state index in [-0.39, 0.29) is 16.8 Å². The second kappa shape index (κ2) is 3.76. The molecule has 1 rings (SSSR count). The van der Waals surface area contributed by atoms with Crippen molar-refractivity contribution in [3.8, 4) is 0 Å². The van der Waals surface area contributed by atoms with Gasteiger partial charge in [0, 0.05) is 6.42 Å². The van der Waals surface area contributed by atoms with Crippen molar-refractivity contribution in [2.45, 2.75) is 19.4 Å². The quantitative estimate of drug-likeness (QED) is 0.596. The summed E-state index contributed by atoms with van der Waals surface area (Å²) in [6.07, 6.45) is -0.217. The average molecular weight is 203 g/mol. The zero-order valence-corrected chi connectivity index (χ0v) is 7.91. The van der Waals surface area contributed by atoms with Gasteiger partial charge in [0.25, 0.3) is 0 Å². The summed E-state index contributed by atoms with van der Waals surface area (Å²) in [5.41, 5.74) is 11.7. The highest BCUT2D eigenvalue weighted by atomic mass is 35.5. The Morgan fingerprint density at radius 1 is 1.46 bits per heavy atom. The van der Waals surface area contributed by atoms with Crippen molar-refractivity contribution in [2.24, 2.45) is 0 Å². The fourth-order valence-corrected chi connectivity index (χ4v) is 1.13. The van der Waals surface area contributed by atoms with Gasteiger partial charge in [0.05, 0.1) is 17.5 Å². The first-order chi connectivity index (χ1) is 6.00. The van der Waals surface area contributed by atoms with Gasteiger partial charge in [0.1, 0.15) is 0 Å². The van der Waals surface area contributed by atoms with Gasteiger partial charge in [0.15, 0.2) is 5.15 Å². The normalized spacial score (nSPS) is 12.8. The molecule has 0 bridgehead atoms. The third-order valence-electron chi connectivity index (χ3n) is 1.48. The van der Waals surface area contributed by atoms with Gasteiger partial charge in [-0.1, -0.05) is 11.6 Å². The Morgan fingerprint density at radius 3 is 2.62 bits per heavy atom. The lowest BCUT2D eigenvalue weighted by atomic mass is 10.2. The minimum atomic E-state index is -0.535. The van der Waals surface area contributed by atoms with E-state index in [0.717, 1.165) is 0 Å². The van der Waals surface area contributed by atoms with Crippen LogP contribution < -0.4 is 11.5 Å². The third kappa shape index (κ3) is 2.43. The molecular weight excluding hydrogens is 192 g/mol. The van der Waals surface area contributed by atoms with Gasteiger partial charge in [-0.05, 0) is 6.92 Å². The molecule has 0 aliphatic carbocycles. The van der Waals surface area contributed by atoms with Gasteiger partial charge in [-0.15, -0.1) is 0 Å². The average Bonchev–Trinajstić information content (AvgIpc) is 1.98. The minimum Gasteiger partial charge on any atom is -0.395 e. The number of hydrogen-bond donors (Lipinski definition) is 3. The molecule has 0 amide bonds. The van der Waals surface area contributed by atoms with E-state index in [1.54, 1.807) is 6.92 Å². The molecule has 0 spiro atoms. The van der Waals surface area contributed by atoms with Gasteiger partial charge < -0.3 is 16.6 Å². The van der Waals surface area contributed by atoms with Crippen LogP contribution >= 0.6 is 11.6 Å². The summed E-state index contributed by atoms with van der Waals surface area (Å²) in [7, 11) is 0. The van der Waals surface area contributed by atoms with E-state index in [1.165, 1.54) is 0 Å². The molecule has 5 nitrogen and oxygen atoms in total. The van der Waals surface area contributed by atoms with Gasteiger partial charge in [-0.3, -0.25) is 0 Å². The molecule has 1 atom stereocenters. The zero-order valence-electron chi connectivity index (χ0n) is 7.16. The molecule has 0 saturated carbocycles. The van der Waals surface area contributed by atoms with E-state index < -0.39 is 6.10 Å². The first kappa shape index (κ1) is 10.0. The molecule has 0 fully saturated rings. The second-order valence-corrected chi connectivity index (χ2v) is 3.14.